The van der Waals surface area contributed by atoms with E-state index in [0.717, 1.165) is 0 Å². The molecule has 5 nitrogen and oxygen atoms in total. The van der Waals surface area contributed by atoms with E-state index in [2.05, 4.69) is 0 Å². The van der Waals surface area contributed by atoms with Crippen LogP contribution >= 0.6 is 0 Å². The third-order valence-corrected chi connectivity index (χ3v) is 4.82. The van der Waals surface area contributed by atoms with Crippen LogP contribution in [0.15, 0.2) is 42.5 Å². The lowest BCUT2D eigenvalue weighted by Crippen LogP contribution is -2.55. The molecule has 0 spiro atoms. The summed E-state index contributed by atoms with van der Waals surface area (Å²) in [5.74, 6) is -0.751. The topological polar surface area (TPSA) is 49.9 Å². The number of nitrogens with zero attached hydrogens (tertiary/aromatic N) is 2. The van der Waals surface area contributed by atoms with E-state index in [4.69, 9.17) is 4.74 Å². The van der Waals surface area contributed by atoms with E-state index in [-0.39, 0.29) is 30.2 Å². The quantitative estimate of drug-likeness (QED) is 0.738. The molecule has 1 amide bonds. The Hall–Kier alpha value is -2.96. The summed E-state index contributed by atoms with van der Waals surface area (Å²) in [4.78, 5) is 27.4. The molecule has 0 bridgehead atoms. The summed E-state index contributed by atoms with van der Waals surface area (Å²) in [7, 11) is 0. The average molecular weight is 388 g/mol. The first-order valence-corrected chi connectivity index (χ1v) is 9.08. The zero-order valence-electron chi connectivity index (χ0n) is 15.8. The Labute approximate surface area is 162 Å². The van der Waals surface area contributed by atoms with Gasteiger partial charge in [0, 0.05) is 31.2 Å². The average Bonchev–Trinajstić information content (AvgIpc) is 2.67. The Morgan fingerprint density at radius 1 is 1.11 bits per heavy atom. The smallest absolute Gasteiger partial charge is 0.260 e. The lowest BCUT2D eigenvalue weighted by molar-refractivity contribution is -0.135. The van der Waals surface area contributed by atoms with Gasteiger partial charge in [-0.1, -0.05) is 0 Å². The number of carbonyl (C=O) groups excluding carboxylic acids is 2. The Bertz CT molecular complexity index is 870. The highest BCUT2D eigenvalue weighted by molar-refractivity contribution is 5.94. The number of hydrogen-bond acceptors (Lipinski definition) is 4. The van der Waals surface area contributed by atoms with E-state index in [0.29, 0.717) is 36.6 Å². The summed E-state index contributed by atoms with van der Waals surface area (Å²) in [5, 5.41) is 0. The fraction of sp³-hybridized carbons (Fsp3) is 0.333. The Balaban J connectivity index is 1.59. The highest BCUT2D eigenvalue weighted by Gasteiger charge is 2.29. The number of piperazine rings is 1. The predicted molar refractivity (Wildman–Crippen MR) is 102 cm³/mol. The molecule has 1 atom stereocenters. The van der Waals surface area contributed by atoms with Gasteiger partial charge < -0.3 is 14.5 Å². The number of amides is 1. The van der Waals surface area contributed by atoms with Crippen LogP contribution in [-0.2, 0) is 4.79 Å². The third-order valence-electron chi connectivity index (χ3n) is 4.82. The van der Waals surface area contributed by atoms with Crippen LogP contribution in [0, 0.1) is 11.6 Å². The molecule has 0 radical (unpaired) electrons. The van der Waals surface area contributed by atoms with Gasteiger partial charge in [0.1, 0.15) is 17.4 Å². The molecule has 0 aromatic heterocycles. The van der Waals surface area contributed by atoms with Crippen LogP contribution in [0.3, 0.4) is 0 Å². The minimum absolute atomic E-state index is 0.134. The van der Waals surface area contributed by atoms with E-state index in [9.17, 15) is 18.4 Å². The fourth-order valence-electron chi connectivity index (χ4n) is 3.29. The van der Waals surface area contributed by atoms with Gasteiger partial charge in [-0.25, -0.2) is 8.78 Å². The Morgan fingerprint density at radius 3 is 2.43 bits per heavy atom. The highest BCUT2D eigenvalue weighted by Crippen LogP contribution is 2.24. The van der Waals surface area contributed by atoms with Crippen molar-refractivity contribution >= 4 is 17.4 Å². The van der Waals surface area contributed by atoms with Crippen molar-refractivity contribution in [3.63, 3.8) is 0 Å². The fourth-order valence-corrected chi connectivity index (χ4v) is 3.29. The van der Waals surface area contributed by atoms with E-state index in [1.54, 1.807) is 17.0 Å². The van der Waals surface area contributed by atoms with E-state index in [1.165, 1.54) is 37.3 Å². The number of halogens is 2. The first-order chi connectivity index (χ1) is 13.3. The van der Waals surface area contributed by atoms with Gasteiger partial charge >= 0.3 is 0 Å². The molecular weight excluding hydrogens is 366 g/mol. The van der Waals surface area contributed by atoms with Crippen molar-refractivity contribution in [3.05, 3.63) is 59.7 Å². The van der Waals surface area contributed by atoms with Crippen LogP contribution in [0.2, 0.25) is 0 Å². The van der Waals surface area contributed by atoms with Crippen molar-refractivity contribution in [1.82, 2.24) is 4.90 Å². The van der Waals surface area contributed by atoms with Crippen LogP contribution in [0.1, 0.15) is 24.2 Å². The summed E-state index contributed by atoms with van der Waals surface area (Å²) in [6, 6.07) is 9.81. The van der Waals surface area contributed by atoms with Gasteiger partial charge in [0.15, 0.2) is 12.4 Å². The normalized spacial score (nSPS) is 16.8. The van der Waals surface area contributed by atoms with Crippen molar-refractivity contribution in [1.29, 1.82) is 0 Å². The molecule has 0 N–H and O–H groups in total. The third kappa shape index (κ3) is 4.47. The molecule has 28 heavy (non-hydrogen) atoms. The van der Waals surface area contributed by atoms with Gasteiger partial charge in [0.05, 0.1) is 5.69 Å². The molecule has 0 saturated carbocycles. The standard InChI is InChI=1S/C21H22F2N2O3/c1-14-12-24(20-8-3-16(15(2)26)11-19(20)23)9-10-25(14)21(27)13-28-18-6-4-17(22)5-7-18/h3-8,11,14H,9-10,12-13H2,1-2H3/t14-/m1/s1. The van der Waals surface area contributed by atoms with E-state index in [1.807, 2.05) is 11.8 Å². The first kappa shape index (κ1) is 19.8. The van der Waals surface area contributed by atoms with Gasteiger partial charge in [0.25, 0.3) is 5.91 Å². The SMILES string of the molecule is CC(=O)c1ccc(N2CCN(C(=O)COc3ccc(F)cc3)[C@H](C)C2)c(F)c1. The molecule has 1 saturated heterocycles. The number of benzene rings is 2. The maximum absolute atomic E-state index is 14.4. The first-order valence-electron chi connectivity index (χ1n) is 9.08. The molecule has 2 aromatic carbocycles. The van der Waals surface area contributed by atoms with Crippen LogP contribution in [-0.4, -0.2) is 48.9 Å². The molecule has 148 valence electrons. The lowest BCUT2D eigenvalue weighted by Gasteiger charge is -2.41. The maximum Gasteiger partial charge on any atom is 0.260 e. The van der Waals surface area contributed by atoms with Crippen LogP contribution in [0.4, 0.5) is 14.5 Å². The molecule has 1 aliphatic rings. The second kappa shape index (κ2) is 8.37. The van der Waals surface area contributed by atoms with Gasteiger partial charge in [-0.2, -0.15) is 0 Å². The van der Waals surface area contributed by atoms with Gasteiger partial charge in [-0.3, -0.25) is 9.59 Å². The van der Waals surface area contributed by atoms with Crippen molar-refractivity contribution < 1.29 is 23.1 Å². The number of ether oxygens (including phenoxy) is 1. The predicted octanol–water partition coefficient (Wildman–Crippen LogP) is 3.28. The zero-order chi connectivity index (χ0) is 20.3. The lowest BCUT2D eigenvalue weighted by atomic mass is 10.1. The van der Waals surface area contributed by atoms with Crippen LogP contribution < -0.4 is 9.64 Å². The number of ketones is 1. The van der Waals surface area contributed by atoms with Crippen molar-refractivity contribution in [2.24, 2.45) is 0 Å². The molecule has 1 fully saturated rings. The van der Waals surface area contributed by atoms with Crippen LogP contribution in [0.5, 0.6) is 5.75 Å². The maximum atomic E-state index is 14.4. The second-order valence-corrected chi connectivity index (χ2v) is 6.85. The van der Waals surface area contributed by atoms with Crippen LogP contribution in [0.25, 0.3) is 0 Å². The summed E-state index contributed by atoms with van der Waals surface area (Å²) in [6.07, 6.45) is 0. The summed E-state index contributed by atoms with van der Waals surface area (Å²) >= 11 is 0. The summed E-state index contributed by atoms with van der Waals surface area (Å²) in [6.45, 7) is 4.53. The monoisotopic (exact) mass is 388 g/mol. The van der Waals surface area contributed by atoms with Gasteiger partial charge in [-0.05, 0) is 56.3 Å². The van der Waals surface area contributed by atoms with Crippen molar-refractivity contribution in [3.8, 4) is 5.75 Å². The number of hydrogen-bond donors (Lipinski definition) is 0. The highest BCUT2D eigenvalue weighted by atomic mass is 19.1. The molecule has 0 unspecified atom stereocenters. The summed E-state index contributed by atoms with van der Waals surface area (Å²) in [5.41, 5.74) is 0.757. The Morgan fingerprint density at radius 2 is 1.82 bits per heavy atom. The summed E-state index contributed by atoms with van der Waals surface area (Å²) < 4.78 is 32.7. The second-order valence-electron chi connectivity index (χ2n) is 6.85. The zero-order valence-corrected chi connectivity index (χ0v) is 15.8. The number of rotatable bonds is 5. The minimum Gasteiger partial charge on any atom is -0.484 e. The number of carbonyl (C=O) groups is 2. The van der Waals surface area contributed by atoms with Gasteiger partial charge in [0.2, 0.25) is 0 Å². The number of Topliss-reactive ketones (excluding diaryl/α,β-unsaturated/α-hetero) is 1. The molecule has 1 aliphatic heterocycles. The van der Waals surface area contributed by atoms with Crippen molar-refractivity contribution in [2.75, 3.05) is 31.1 Å². The largest absolute Gasteiger partial charge is 0.484 e. The molecule has 1 heterocycles. The van der Waals surface area contributed by atoms with E-state index >= 15 is 0 Å². The molecule has 2 aromatic rings. The van der Waals surface area contributed by atoms with E-state index < -0.39 is 5.82 Å². The number of anilines is 1. The molecule has 7 heteroatoms. The van der Waals surface area contributed by atoms with Crippen molar-refractivity contribution in [2.45, 2.75) is 19.9 Å². The van der Waals surface area contributed by atoms with Gasteiger partial charge in [-0.15, -0.1) is 0 Å². The molecular formula is C21H22F2N2O3. The minimum atomic E-state index is -0.445. The Kier molecular flexibility index (Phi) is 5.92. The molecule has 3 rings (SSSR count). The molecule has 0 aliphatic carbocycles.